The number of benzene rings is 1. The molecule has 6 nitrogen and oxygen atoms in total. The van der Waals surface area contributed by atoms with E-state index in [1.165, 1.54) is 11.0 Å². The Balaban J connectivity index is 2.28. The van der Waals surface area contributed by atoms with Crippen LogP contribution in [0.25, 0.3) is 11.0 Å². The van der Waals surface area contributed by atoms with Crippen molar-refractivity contribution in [3.05, 3.63) is 46.3 Å². The Bertz CT molecular complexity index is 793. The average molecular weight is 331 g/mol. The summed E-state index contributed by atoms with van der Waals surface area (Å²) in [5, 5.41) is 0.676. The van der Waals surface area contributed by atoms with Crippen LogP contribution in [-0.2, 0) is 9.53 Å². The van der Waals surface area contributed by atoms with Crippen LogP contribution < -0.4 is 5.63 Å². The van der Waals surface area contributed by atoms with Crippen molar-refractivity contribution in [2.45, 2.75) is 33.2 Å². The number of rotatable bonds is 6. The molecule has 2 aromatic rings. The number of esters is 1. The van der Waals surface area contributed by atoms with E-state index in [1.54, 1.807) is 31.2 Å². The van der Waals surface area contributed by atoms with Gasteiger partial charge in [0.25, 0.3) is 5.91 Å². The molecule has 0 bridgehead atoms. The number of para-hydroxylation sites is 1. The Morgan fingerprint density at radius 2 is 1.96 bits per heavy atom. The normalized spacial score (nSPS) is 10.8. The topological polar surface area (TPSA) is 76.8 Å². The summed E-state index contributed by atoms with van der Waals surface area (Å²) in [6.07, 6.45) is 0.0800. The summed E-state index contributed by atoms with van der Waals surface area (Å²) in [7, 11) is 0. The molecule has 24 heavy (non-hydrogen) atoms. The zero-order chi connectivity index (χ0) is 17.7. The maximum atomic E-state index is 12.7. The fourth-order valence-electron chi connectivity index (χ4n) is 2.40. The molecule has 1 aromatic heterocycles. The van der Waals surface area contributed by atoms with Crippen LogP contribution in [0.3, 0.4) is 0 Å². The number of hydrogen-bond acceptors (Lipinski definition) is 5. The molecule has 0 saturated heterocycles. The summed E-state index contributed by atoms with van der Waals surface area (Å²) in [6.45, 7) is 5.85. The van der Waals surface area contributed by atoms with E-state index in [0.717, 1.165) is 0 Å². The van der Waals surface area contributed by atoms with Crippen molar-refractivity contribution < 1.29 is 18.7 Å². The maximum Gasteiger partial charge on any atom is 0.349 e. The van der Waals surface area contributed by atoms with Crippen molar-refractivity contribution in [2.75, 3.05) is 13.2 Å². The molecule has 0 unspecified atom stereocenters. The number of ether oxygens (including phenoxy) is 1. The molecular weight excluding hydrogens is 310 g/mol. The molecule has 2 rings (SSSR count). The Kier molecular flexibility index (Phi) is 5.73. The van der Waals surface area contributed by atoms with Crippen LogP contribution in [-0.4, -0.2) is 36.0 Å². The fourth-order valence-corrected chi connectivity index (χ4v) is 2.40. The Morgan fingerprint density at radius 1 is 1.25 bits per heavy atom. The second-order valence-electron chi connectivity index (χ2n) is 5.63. The third kappa shape index (κ3) is 4.01. The Morgan fingerprint density at radius 3 is 2.62 bits per heavy atom. The van der Waals surface area contributed by atoms with Crippen LogP contribution in [0.15, 0.2) is 39.5 Å². The predicted molar refractivity (Wildman–Crippen MR) is 89.9 cm³/mol. The largest absolute Gasteiger partial charge is 0.466 e. The van der Waals surface area contributed by atoms with Gasteiger partial charge < -0.3 is 14.1 Å². The first-order valence-corrected chi connectivity index (χ1v) is 7.93. The molecule has 0 N–H and O–H groups in total. The standard InChI is InChI=1S/C18H21NO5/c1-4-23-16(20)9-10-19(12(2)3)17(21)14-11-13-7-5-6-8-15(13)24-18(14)22/h5-8,11-12H,4,9-10H2,1-3H3. The molecule has 0 aliphatic rings. The van der Waals surface area contributed by atoms with Crippen molar-refractivity contribution in [3.8, 4) is 0 Å². The number of carbonyl (C=O) groups excluding carboxylic acids is 2. The number of nitrogens with zero attached hydrogens (tertiary/aromatic N) is 1. The summed E-state index contributed by atoms with van der Waals surface area (Å²) in [6, 6.07) is 8.37. The summed E-state index contributed by atoms with van der Waals surface area (Å²) in [5.74, 6) is -0.824. The molecule has 128 valence electrons. The van der Waals surface area contributed by atoms with Crippen LogP contribution in [0.2, 0.25) is 0 Å². The van der Waals surface area contributed by atoms with E-state index in [9.17, 15) is 14.4 Å². The highest BCUT2D eigenvalue weighted by Gasteiger charge is 2.23. The van der Waals surface area contributed by atoms with E-state index < -0.39 is 11.5 Å². The van der Waals surface area contributed by atoms with Gasteiger partial charge in [-0.3, -0.25) is 9.59 Å². The van der Waals surface area contributed by atoms with Gasteiger partial charge in [0.15, 0.2) is 0 Å². The monoisotopic (exact) mass is 331 g/mol. The zero-order valence-electron chi connectivity index (χ0n) is 14.1. The fraction of sp³-hybridized carbons (Fsp3) is 0.389. The quantitative estimate of drug-likeness (QED) is 0.600. The Labute approximate surface area is 140 Å². The van der Waals surface area contributed by atoms with Gasteiger partial charge >= 0.3 is 11.6 Å². The van der Waals surface area contributed by atoms with Gasteiger partial charge in [0.1, 0.15) is 11.1 Å². The lowest BCUT2D eigenvalue weighted by Crippen LogP contribution is -2.40. The van der Waals surface area contributed by atoms with Gasteiger partial charge in [-0.25, -0.2) is 4.79 Å². The minimum Gasteiger partial charge on any atom is -0.466 e. The molecule has 1 amide bonds. The smallest absolute Gasteiger partial charge is 0.349 e. The van der Waals surface area contributed by atoms with Crippen LogP contribution in [0.4, 0.5) is 0 Å². The van der Waals surface area contributed by atoms with E-state index in [2.05, 4.69) is 0 Å². The van der Waals surface area contributed by atoms with Crippen LogP contribution in [0.5, 0.6) is 0 Å². The third-order valence-electron chi connectivity index (χ3n) is 3.62. The minimum atomic E-state index is -0.680. The highest BCUT2D eigenvalue weighted by Crippen LogP contribution is 2.15. The first-order valence-electron chi connectivity index (χ1n) is 7.93. The molecule has 0 radical (unpaired) electrons. The maximum absolute atomic E-state index is 12.7. The molecule has 0 aliphatic heterocycles. The summed E-state index contributed by atoms with van der Waals surface area (Å²) >= 11 is 0. The molecule has 6 heteroatoms. The van der Waals surface area contributed by atoms with Crippen molar-refractivity contribution in [3.63, 3.8) is 0 Å². The van der Waals surface area contributed by atoms with Gasteiger partial charge in [0.2, 0.25) is 0 Å². The molecule has 0 spiro atoms. The lowest BCUT2D eigenvalue weighted by Gasteiger charge is -2.26. The SMILES string of the molecule is CCOC(=O)CCN(C(=O)c1cc2ccccc2oc1=O)C(C)C. The minimum absolute atomic E-state index is 0.0359. The van der Waals surface area contributed by atoms with Gasteiger partial charge in [-0.1, -0.05) is 18.2 Å². The average Bonchev–Trinajstić information content (AvgIpc) is 2.54. The van der Waals surface area contributed by atoms with Crippen molar-refractivity contribution >= 4 is 22.8 Å². The van der Waals surface area contributed by atoms with E-state index in [1.807, 2.05) is 13.8 Å². The lowest BCUT2D eigenvalue weighted by atomic mass is 10.1. The van der Waals surface area contributed by atoms with E-state index >= 15 is 0 Å². The second-order valence-corrected chi connectivity index (χ2v) is 5.63. The van der Waals surface area contributed by atoms with Crippen LogP contribution in [0, 0.1) is 0 Å². The molecular formula is C18H21NO5. The highest BCUT2D eigenvalue weighted by atomic mass is 16.5. The van der Waals surface area contributed by atoms with Crippen LogP contribution in [0.1, 0.15) is 37.6 Å². The number of hydrogen-bond donors (Lipinski definition) is 0. The van der Waals surface area contributed by atoms with Crippen molar-refractivity contribution in [1.29, 1.82) is 0 Å². The highest BCUT2D eigenvalue weighted by molar-refractivity contribution is 5.97. The van der Waals surface area contributed by atoms with E-state index in [0.29, 0.717) is 17.6 Å². The van der Waals surface area contributed by atoms with Crippen molar-refractivity contribution in [1.82, 2.24) is 4.90 Å². The number of carbonyl (C=O) groups is 2. The summed E-state index contributed by atoms with van der Waals surface area (Å²) in [5.41, 5.74) is -0.284. The van der Waals surface area contributed by atoms with E-state index in [-0.39, 0.29) is 30.5 Å². The molecule has 0 atom stereocenters. The summed E-state index contributed by atoms with van der Waals surface area (Å²) in [4.78, 5) is 37.9. The zero-order valence-corrected chi connectivity index (χ0v) is 14.1. The first-order chi connectivity index (χ1) is 11.4. The Hall–Kier alpha value is -2.63. The molecule has 0 aliphatic carbocycles. The van der Waals surface area contributed by atoms with Gasteiger partial charge in [0.05, 0.1) is 13.0 Å². The molecule has 1 aromatic carbocycles. The third-order valence-corrected chi connectivity index (χ3v) is 3.62. The number of fused-ring (bicyclic) bond motifs is 1. The second kappa shape index (κ2) is 7.77. The van der Waals surface area contributed by atoms with E-state index in [4.69, 9.17) is 9.15 Å². The molecule has 0 fully saturated rings. The van der Waals surface area contributed by atoms with Crippen LogP contribution >= 0.6 is 0 Å². The predicted octanol–water partition coefficient (Wildman–Crippen LogP) is 2.60. The molecule has 1 heterocycles. The van der Waals surface area contributed by atoms with Gasteiger partial charge in [0, 0.05) is 18.0 Å². The van der Waals surface area contributed by atoms with Gasteiger partial charge in [-0.05, 0) is 32.9 Å². The number of amides is 1. The lowest BCUT2D eigenvalue weighted by molar-refractivity contribution is -0.143. The first kappa shape index (κ1) is 17.7. The van der Waals surface area contributed by atoms with Gasteiger partial charge in [-0.15, -0.1) is 0 Å². The van der Waals surface area contributed by atoms with Gasteiger partial charge in [-0.2, -0.15) is 0 Å². The summed E-state index contributed by atoms with van der Waals surface area (Å²) < 4.78 is 10.1. The van der Waals surface area contributed by atoms with Crippen molar-refractivity contribution in [2.24, 2.45) is 0 Å². The molecule has 0 saturated carbocycles.